The van der Waals surface area contributed by atoms with E-state index in [1.807, 2.05) is 0 Å². The monoisotopic (exact) mass is 181 g/mol. The maximum Gasteiger partial charge on any atom is 0.0499 e. The van der Waals surface area contributed by atoms with Crippen molar-refractivity contribution in [2.24, 2.45) is 11.3 Å². The standard InChI is InChI=1S/C11H19NO/c1-9-5-12(6-10(9)2)7-11(8-13)3-4-11/h10,13H,1,3-8H2,2H3. The zero-order valence-corrected chi connectivity index (χ0v) is 8.42. The van der Waals surface area contributed by atoms with Crippen molar-refractivity contribution >= 4 is 0 Å². The van der Waals surface area contributed by atoms with E-state index in [0.717, 1.165) is 19.6 Å². The average Bonchev–Trinajstić information content (AvgIpc) is 2.78. The Balaban J connectivity index is 1.87. The quantitative estimate of drug-likeness (QED) is 0.663. The van der Waals surface area contributed by atoms with Crippen LogP contribution in [0.15, 0.2) is 12.2 Å². The van der Waals surface area contributed by atoms with Gasteiger partial charge < -0.3 is 5.11 Å². The molecule has 0 bridgehead atoms. The minimum atomic E-state index is 0.268. The second-order valence-electron chi connectivity index (χ2n) is 4.89. The van der Waals surface area contributed by atoms with Crippen molar-refractivity contribution < 1.29 is 5.11 Å². The van der Waals surface area contributed by atoms with E-state index in [-0.39, 0.29) is 5.41 Å². The van der Waals surface area contributed by atoms with Gasteiger partial charge in [0.15, 0.2) is 0 Å². The fourth-order valence-electron chi connectivity index (χ4n) is 2.16. The lowest BCUT2D eigenvalue weighted by molar-refractivity contribution is 0.162. The molecule has 0 aromatic carbocycles. The molecule has 1 aliphatic carbocycles. The number of rotatable bonds is 3. The van der Waals surface area contributed by atoms with E-state index >= 15 is 0 Å². The molecule has 13 heavy (non-hydrogen) atoms. The Morgan fingerprint density at radius 3 is 2.69 bits per heavy atom. The van der Waals surface area contributed by atoms with E-state index in [1.54, 1.807) is 0 Å². The van der Waals surface area contributed by atoms with E-state index in [0.29, 0.717) is 12.5 Å². The molecule has 2 rings (SSSR count). The first-order valence-corrected chi connectivity index (χ1v) is 5.16. The molecule has 1 unspecified atom stereocenters. The van der Waals surface area contributed by atoms with E-state index < -0.39 is 0 Å². The second-order valence-corrected chi connectivity index (χ2v) is 4.89. The predicted molar refractivity (Wildman–Crippen MR) is 53.5 cm³/mol. The van der Waals surface area contributed by atoms with Crippen molar-refractivity contribution in [1.29, 1.82) is 0 Å². The summed E-state index contributed by atoms with van der Waals surface area (Å²) >= 11 is 0. The van der Waals surface area contributed by atoms with Crippen molar-refractivity contribution in [2.75, 3.05) is 26.2 Å². The van der Waals surface area contributed by atoms with Gasteiger partial charge in [-0.3, -0.25) is 4.90 Å². The lowest BCUT2D eigenvalue weighted by Gasteiger charge is -2.20. The Kier molecular flexibility index (Phi) is 2.20. The van der Waals surface area contributed by atoms with Crippen LogP contribution in [0, 0.1) is 11.3 Å². The van der Waals surface area contributed by atoms with Gasteiger partial charge >= 0.3 is 0 Å². The molecule has 0 aromatic rings. The first-order chi connectivity index (χ1) is 6.15. The van der Waals surface area contributed by atoms with Crippen molar-refractivity contribution in [3.63, 3.8) is 0 Å². The third-order valence-corrected chi connectivity index (χ3v) is 3.51. The van der Waals surface area contributed by atoms with Crippen molar-refractivity contribution in [3.05, 3.63) is 12.2 Å². The van der Waals surface area contributed by atoms with Gasteiger partial charge in [0.25, 0.3) is 0 Å². The molecule has 2 heteroatoms. The molecule has 1 atom stereocenters. The van der Waals surface area contributed by atoms with Crippen LogP contribution in [-0.4, -0.2) is 36.2 Å². The van der Waals surface area contributed by atoms with Crippen LogP contribution in [0.25, 0.3) is 0 Å². The Hall–Kier alpha value is -0.340. The highest BCUT2D eigenvalue weighted by molar-refractivity contribution is 5.10. The Labute approximate surface area is 80.2 Å². The molecule has 1 saturated carbocycles. The fourth-order valence-corrected chi connectivity index (χ4v) is 2.16. The van der Waals surface area contributed by atoms with Gasteiger partial charge in [0, 0.05) is 31.7 Å². The first kappa shape index (κ1) is 9.22. The van der Waals surface area contributed by atoms with Crippen LogP contribution in [0.1, 0.15) is 19.8 Å². The molecule has 0 amide bonds. The molecule has 74 valence electrons. The summed E-state index contributed by atoms with van der Waals surface area (Å²) in [5.41, 5.74) is 1.62. The average molecular weight is 181 g/mol. The highest BCUT2D eigenvalue weighted by Gasteiger charge is 2.44. The zero-order valence-electron chi connectivity index (χ0n) is 8.42. The summed E-state index contributed by atoms with van der Waals surface area (Å²) in [6.07, 6.45) is 2.42. The van der Waals surface area contributed by atoms with Crippen molar-refractivity contribution in [3.8, 4) is 0 Å². The topological polar surface area (TPSA) is 23.5 Å². The van der Waals surface area contributed by atoms with Gasteiger partial charge in [-0.1, -0.05) is 19.1 Å². The summed E-state index contributed by atoms with van der Waals surface area (Å²) in [5.74, 6) is 0.648. The van der Waals surface area contributed by atoms with E-state index in [4.69, 9.17) is 0 Å². The molecular formula is C11H19NO. The molecular weight excluding hydrogens is 162 g/mol. The highest BCUT2D eigenvalue weighted by atomic mass is 16.3. The minimum Gasteiger partial charge on any atom is -0.396 e. The summed E-state index contributed by atoms with van der Waals surface area (Å²) < 4.78 is 0. The summed E-state index contributed by atoms with van der Waals surface area (Å²) in [5, 5.41) is 9.20. The maximum absolute atomic E-state index is 9.20. The van der Waals surface area contributed by atoms with Crippen molar-refractivity contribution in [1.82, 2.24) is 4.90 Å². The van der Waals surface area contributed by atoms with Gasteiger partial charge in [-0.2, -0.15) is 0 Å². The Morgan fingerprint density at radius 1 is 1.62 bits per heavy atom. The molecule has 1 N–H and O–H groups in total. The van der Waals surface area contributed by atoms with Gasteiger partial charge in [0.1, 0.15) is 0 Å². The third kappa shape index (κ3) is 1.79. The van der Waals surface area contributed by atoms with Gasteiger partial charge in [-0.25, -0.2) is 0 Å². The summed E-state index contributed by atoms with van der Waals surface area (Å²) in [7, 11) is 0. The molecule has 0 aromatic heterocycles. The number of hydrogen-bond acceptors (Lipinski definition) is 2. The van der Waals surface area contributed by atoms with Crippen LogP contribution in [0.3, 0.4) is 0 Å². The predicted octanol–water partition coefficient (Wildman–Crippen LogP) is 1.27. The summed E-state index contributed by atoms with van der Waals surface area (Å²) in [4.78, 5) is 2.44. The van der Waals surface area contributed by atoms with Gasteiger partial charge in [0.2, 0.25) is 0 Å². The van der Waals surface area contributed by atoms with E-state index in [1.165, 1.54) is 18.4 Å². The van der Waals surface area contributed by atoms with Crippen LogP contribution >= 0.6 is 0 Å². The van der Waals surface area contributed by atoms with Crippen LogP contribution in [-0.2, 0) is 0 Å². The molecule has 2 fully saturated rings. The summed E-state index contributed by atoms with van der Waals surface area (Å²) in [6.45, 7) is 9.92. The lowest BCUT2D eigenvalue weighted by Crippen LogP contribution is -2.30. The number of nitrogens with zero attached hydrogens (tertiary/aromatic N) is 1. The van der Waals surface area contributed by atoms with Crippen molar-refractivity contribution in [2.45, 2.75) is 19.8 Å². The van der Waals surface area contributed by atoms with E-state index in [9.17, 15) is 5.11 Å². The second kappa shape index (κ2) is 3.10. The summed E-state index contributed by atoms with van der Waals surface area (Å²) in [6, 6.07) is 0. The molecule has 1 heterocycles. The van der Waals surface area contributed by atoms with Gasteiger partial charge in [-0.15, -0.1) is 0 Å². The Bertz CT molecular complexity index is 220. The number of likely N-dealkylation sites (tertiary alicyclic amines) is 1. The number of aliphatic hydroxyl groups is 1. The first-order valence-electron chi connectivity index (χ1n) is 5.16. The maximum atomic E-state index is 9.20. The third-order valence-electron chi connectivity index (χ3n) is 3.51. The van der Waals surface area contributed by atoms with E-state index in [2.05, 4.69) is 18.4 Å². The molecule has 2 nitrogen and oxygen atoms in total. The fraction of sp³-hybridized carbons (Fsp3) is 0.818. The van der Waals surface area contributed by atoms with Crippen LogP contribution < -0.4 is 0 Å². The zero-order chi connectivity index (χ0) is 9.47. The SMILES string of the molecule is C=C1CN(CC2(CO)CC2)CC1C. The van der Waals surface area contributed by atoms with Crippen LogP contribution in [0.2, 0.25) is 0 Å². The van der Waals surface area contributed by atoms with Gasteiger partial charge in [0.05, 0.1) is 0 Å². The van der Waals surface area contributed by atoms with Gasteiger partial charge in [-0.05, 0) is 18.8 Å². The smallest absolute Gasteiger partial charge is 0.0499 e. The highest BCUT2D eigenvalue weighted by Crippen LogP contribution is 2.46. The minimum absolute atomic E-state index is 0.268. The molecule has 1 saturated heterocycles. The molecule has 0 radical (unpaired) electrons. The molecule has 1 aliphatic heterocycles. The van der Waals surface area contributed by atoms with Crippen LogP contribution in [0.4, 0.5) is 0 Å². The largest absolute Gasteiger partial charge is 0.396 e. The number of aliphatic hydroxyl groups excluding tert-OH is 1. The Morgan fingerprint density at radius 2 is 2.31 bits per heavy atom. The lowest BCUT2D eigenvalue weighted by atomic mass is 10.1. The normalized spacial score (nSPS) is 32.5. The molecule has 2 aliphatic rings. The number of hydrogen-bond donors (Lipinski definition) is 1. The molecule has 0 spiro atoms. The van der Waals surface area contributed by atoms with Crippen LogP contribution in [0.5, 0.6) is 0 Å².